The van der Waals surface area contributed by atoms with E-state index in [1.54, 1.807) is 0 Å². The van der Waals surface area contributed by atoms with Gasteiger partial charge in [0.2, 0.25) is 0 Å². The van der Waals surface area contributed by atoms with Crippen LogP contribution in [0.2, 0.25) is 0 Å². The van der Waals surface area contributed by atoms with Gasteiger partial charge in [0.25, 0.3) is 0 Å². The Bertz CT molecular complexity index is 106. The molecule has 1 fully saturated rings. The van der Waals surface area contributed by atoms with Gasteiger partial charge in [0, 0.05) is 11.6 Å². The average Bonchev–Trinajstić information content (AvgIpc) is 1.54. The first-order valence-corrected chi connectivity index (χ1v) is 4.27. The summed E-state index contributed by atoms with van der Waals surface area (Å²) in [4.78, 5) is 0. The zero-order chi connectivity index (χ0) is 7.78. The Labute approximate surface area is 64.2 Å². The second-order valence-corrected chi connectivity index (χ2v) is 4.47. The summed E-state index contributed by atoms with van der Waals surface area (Å²) >= 11 is 0. The van der Waals surface area contributed by atoms with Crippen molar-refractivity contribution in [2.24, 2.45) is 5.92 Å². The van der Waals surface area contributed by atoms with Crippen molar-refractivity contribution in [2.75, 3.05) is 0 Å². The highest BCUT2D eigenvalue weighted by Crippen LogP contribution is 2.26. The lowest BCUT2D eigenvalue weighted by molar-refractivity contribution is 0.200. The summed E-state index contributed by atoms with van der Waals surface area (Å²) < 4.78 is 0. The Hall–Kier alpha value is -0.0400. The van der Waals surface area contributed by atoms with Crippen LogP contribution in [-0.2, 0) is 0 Å². The molecule has 0 spiro atoms. The molecule has 10 heavy (non-hydrogen) atoms. The topological polar surface area (TPSA) is 12.0 Å². The van der Waals surface area contributed by atoms with Crippen LogP contribution in [0.25, 0.3) is 0 Å². The molecule has 1 N–H and O–H groups in total. The standard InChI is InChI=1S/C9H19N/c1-7-5-8(2)10-9(3,4)6-7/h7-8,10H,5-6H2,1-4H3/t7-,8-/m0/s1. The highest BCUT2D eigenvalue weighted by atomic mass is 15.0. The maximum atomic E-state index is 3.59. The van der Waals surface area contributed by atoms with Gasteiger partial charge in [0.05, 0.1) is 0 Å². The molecule has 1 heterocycles. The third kappa shape index (κ3) is 1.98. The average molecular weight is 141 g/mol. The van der Waals surface area contributed by atoms with Crippen LogP contribution in [-0.4, -0.2) is 11.6 Å². The van der Waals surface area contributed by atoms with Gasteiger partial charge >= 0.3 is 0 Å². The van der Waals surface area contributed by atoms with Gasteiger partial charge in [-0.1, -0.05) is 6.92 Å². The zero-order valence-corrected chi connectivity index (χ0v) is 7.57. The smallest absolute Gasteiger partial charge is 0.0130 e. The van der Waals surface area contributed by atoms with Gasteiger partial charge in [0.15, 0.2) is 0 Å². The van der Waals surface area contributed by atoms with Crippen molar-refractivity contribution >= 4 is 0 Å². The Morgan fingerprint density at radius 2 is 1.90 bits per heavy atom. The minimum Gasteiger partial charge on any atom is -0.309 e. The van der Waals surface area contributed by atoms with Crippen LogP contribution in [0.1, 0.15) is 40.5 Å². The Balaban J connectivity index is 2.51. The fourth-order valence-corrected chi connectivity index (χ4v) is 2.34. The van der Waals surface area contributed by atoms with E-state index in [1.165, 1.54) is 12.8 Å². The molecule has 2 atom stereocenters. The first kappa shape index (κ1) is 8.06. The molecule has 0 radical (unpaired) electrons. The van der Waals surface area contributed by atoms with Crippen LogP contribution < -0.4 is 5.32 Å². The fraction of sp³-hybridized carbons (Fsp3) is 1.00. The van der Waals surface area contributed by atoms with Gasteiger partial charge in [-0.25, -0.2) is 0 Å². The summed E-state index contributed by atoms with van der Waals surface area (Å²) in [6.07, 6.45) is 2.65. The highest BCUT2D eigenvalue weighted by molar-refractivity contribution is 4.88. The molecule has 1 aliphatic rings. The molecule has 1 saturated heterocycles. The van der Waals surface area contributed by atoms with E-state index in [0.29, 0.717) is 11.6 Å². The second-order valence-electron chi connectivity index (χ2n) is 4.47. The van der Waals surface area contributed by atoms with Crippen LogP contribution in [0.5, 0.6) is 0 Å². The van der Waals surface area contributed by atoms with E-state index in [-0.39, 0.29) is 0 Å². The SMILES string of the molecule is C[C@H]1C[C@H](C)NC(C)(C)C1. The van der Waals surface area contributed by atoms with E-state index in [9.17, 15) is 0 Å². The maximum absolute atomic E-state index is 3.59. The van der Waals surface area contributed by atoms with E-state index >= 15 is 0 Å². The van der Waals surface area contributed by atoms with E-state index in [0.717, 1.165) is 5.92 Å². The lowest BCUT2D eigenvalue weighted by Crippen LogP contribution is -2.50. The van der Waals surface area contributed by atoms with Crippen molar-refractivity contribution < 1.29 is 0 Å². The van der Waals surface area contributed by atoms with Crippen molar-refractivity contribution in [3.05, 3.63) is 0 Å². The van der Waals surface area contributed by atoms with Gasteiger partial charge in [-0.2, -0.15) is 0 Å². The van der Waals surface area contributed by atoms with Crippen molar-refractivity contribution in [3.8, 4) is 0 Å². The van der Waals surface area contributed by atoms with Gasteiger partial charge in [-0.05, 0) is 39.5 Å². The Morgan fingerprint density at radius 3 is 2.30 bits per heavy atom. The molecular weight excluding hydrogens is 122 g/mol. The maximum Gasteiger partial charge on any atom is 0.0130 e. The summed E-state index contributed by atoms with van der Waals surface area (Å²) in [6.45, 7) is 9.20. The third-order valence-electron chi connectivity index (χ3n) is 2.25. The van der Waals surface area contributed by atoms with Crippen molar-refractivity contribution in [3.63, 3.8) is 0 Å². The molecule has 1 heteroatoms. The quantitative estimate of drug-likeness (QED) is 0.545. The third-order valence-corrected chi connectivity index (χ3v) is 2.25. The molecule has 0 bridgehead atoms. The highest BCUT2D eigenvalue weighted by Gasteiger charge is 2.28. The van der Waals surface area contributed by atoms with Crippen molar-refractivity contribution in [1.29, 1.82) is 0 Å². The fourth-order valence-electron chi connectivity index (χ4n) is 2.34. The first-order valence-electron chi connectivity index (χ1n) is 4.27. The number of hydrogen-bond acceptors (Lipinski definition) is 1. The number of rotatable bonds is 0. The number of hydrogen-bond donors (Lipinski definition) is 1. The monoisotopic (exact) mass is 141 g/mol. The Morgan fingerprint density at radius 1 is 1.30 bits per heavy atom. The van der Waals surface area contributed by atoms with Gasteiger partial charge < -0.3 is 5.32 Å². The second kappa shape index (κ2) is 2.54. The van der Waals surface area contributed by atoms with Gasteiger partial charge in [-0.3, -0.25) is 0 Å². The summed E-state index contributed by atoms with van der Waals surface area (Å²) in [5.74, 6) is 0.895. The minimum absolute atomic E-state index is 0.372. The molecule has 0 aromatic heterocycles. The molecule has 0 aromatic carbocycles. The number of nitrogens with one attached hydrogen (secondary N) is 1. The number of piperidine rings is 1. The van der Waals surface area contributed by atoms with Crippen LogP contribution in [0.3, 0.4) is 0 Å². The van der Waals surface area contributed by atoms with Crippen molar-refractivity contribution in [1.82, 2.24) is 5.32 Å². The van der Waals surface area contributed by atoms with Crippen LogP contribution in [0.15, 0.2) is 0 Å². The molecule has 0 amide bonds. The van der Waals surface area contributed by atoms with Crippen molar-refractivity contribution in [2.45, 2.75) is 52.1 Å². The minimum atomic E-state index is 0.372. The molecule has 0 unspecified atom stereocenters. The molecule has 1 aliphatic heterocycles. The molecule has 1 nitrogen and oxygen atoms in total. The largest absolute Gasteiger partial charge is 0.309 e. The Kier molecular flexibility index (Phi) is 2.04. The lowest BCUT2D eigenvalue weighted by atomic mass is 9.83. The molecule has 0 saturated carbocycles. The molecule has 1 rings (SSSR count). The molecule has 0 aromatic rings. The van der Waals surface area contributed by atoms with Crippen LogP contribution in [0.4, 0.5) is 0 Å². The van der Waals surface area contributed by atoms with Gasteiger partial charge in [-0.15, -0.1) is 0 Å². The molecule has 0 aliphatic carbocycles. The predicted molar refractivity (Wildman–Crippen MR) is 45.1 cm³/mol. The molecule has 60 valence electrons. The summed E-state index contributed by atoms with van der Waals surface area (Å²) in [7, 11) is 0. The van der Waals surface area contributed by atoms with E-state index in [4.69, 9.17) is 0 Å². The predicted octanol–water partition coefficient (Wildman–Crippen LogP) is 2.17. The summed E-state index contributed by atoms with van der Waals surface area (Å²) in [6, 6.07) is 0.707. The summed E-state index contributed by atoms with van der Waals surface area (Å²) in [5.41, 5.74) is 0.372. The van der Waals surface area contributed by atoms with E-state index < -0.39 is 0 Å². The lowest BCUT2D eigenvalue weighted by Gasteiger charge is -2.39. The zero-order valence-electron chi connectivity index (χ0n) is 7.57. The van der Waals surface area contributed by atoms with E-state index in [1.807, 2.05) is 0 Å². The van der Waals surface area contributed by atoms with Gasteiger partial charge in [0.1, 0.15) is 0 Å². The molecular formula is C9H19N. The summed E-state index contributed by atoms with van der Waals surface area (Å²) in [5, 5.41) is 3.59. The van der Waals surface area contributed by atoms with Crippen LogP contribution in [0, 0.1) is 5.92 Å². The van der Waals surface area contributed by atoms with E-state index in [2.05, 4.69) is 33.0 Å². The first-order chi connectivity index (χ1) is 4.49. The normalized spacial score (nSPS) is 39.6. The van der Waals surface area contributed by atoms with Crippen LogP contribution >= 0.6 is 0 Å².